The van der Waals surface area contributed by atoms with Crippen molar-refractivity contribution in [1.82, 2.24) is 9.97 Å². The highest BCUT2D eigenvalue weighted by molar-refractivity contribution is 6.18. The van der Waals surface area contributed by atoms with Gasteiger partial charge in [0.05, 0.1) is 0 Å². The average molecular weight is 284 g/mol. The van der Waals surface area contributed by atoms with Gasteiger partial charge in [-0.05, 0) is 31.7 Å². The quantitative estimate of drug-likeness (QED) is 0.704. The van der Waals surface area contributed by atoms with Crippen LogP contribution in [0.5, 0.6) is 0 Å². The number of alkyl halides is 1. The van der Waals surface area contributed by atoms with Crippen LogP contribution in [-0.4, -0.2) is 28.4 Å². The maximum atomic E-state index is 5.95. The topological polar surface area (TPSA) is 29.0 Å². The lowest BCUT2D eigenvalue weighted by atomic mass is 10.1. The third-order valence-electron chi connectivity index (χ3n) is 3.42. The third-order valence-corrected chi connectivity index (χ3v) is 3.59. The van der Waals surface area contributed by atoms with E-state index in [-0.39, 0.29) is 0 Å². The van der Waals surface area contributed by atoms with Gasteiger partial charge < -0.3 is 4.90 Å². The van der Waals surface area contributed by atoms with Gasteiger partial charge in [-0.3, -0.25) is 0 Å². The molecule has 3 nitrogen and oxygen atoms in total. The molecule has 0 fully saturated rings. The summed E-state index contributed by atoms with van der Waals surface area (Å²) in [6.45, 7) is 11.6. The van der Waals surface area contributed by atoms with Gasteiger partial charge in [0.2, 0.25) is 5.95 Å². The molecule has 0 bridgehead atoms. The maximum Gasteiger partial charge on any atom is 0.226 e. The van der Waals surface area contributed by atoms with Gasteiger partial charge in [0.1, 0.15) is 0 Å². The van der Waals surface area contributed by atoms with Gasteiger partial charge in [-0.25, -0.2) is 9.97 Å². The van der Waals surface area contributed by atoms with Crippen LogP contribution in [0.4, 0.5) is 5.95 Å². The number of hydrogen-bond acceptors (Lipinski definition) is 3. The fourth-order valence-corrected chi connectivity index (χ4v) is 2.45. The van der Waals surface area contributed by atoms with Crippen LogP contribution < -0.4 is 4.90 Å². The lowest BCUT2D eigenvalue weighted by Crippen LogP contribution is -2.37. The first-order valence-electron chi connectivity index (χ1n) is 7.21. The molecule has 1 heterocycles. The minimum atomic E-state index is 0.417. The van der Waals surface area contributed by atoms with E-state index in [1.54, 1.807) is 0 Å². The Labute approximate surface area is 122 Å². The molecule has 0 aromatic carbocycles. The highest BCUT2D eigenvalue weighted by Gasteiger charge is 2.19. The summed E-state index contributed by atoms with van der Waals surface area (Å²) in [5.41, 5.74) is 2.13. The van der Waals surface area contributed by atoms with Gasteiger partial charge in [-0.15, -0.1) is 11.6 Å². The van der Waals surface area contributed by atoms with Crippen molar-refractivity contribution in [3.05, 3.63) is 17.5 Å². The van der Waals surface area contributed by atoms with E-state index in [1.165, 1.54) is 0 Å². The van der Waals surface area contributed by atoms with Gasteiger partial charge in [0.25, 0.3) is 0 Å². The second-order valence-electron chi connectivity index (χ2n) is 5.24. The van der Waals surface area contributed by atoms with Gasteiger partial charge in [-0.1, -0.05) is 27.7 Å². The zero-order valence-electron chi connectivity index (χ0n) is 12.8. The van der Waals surface area contributed by atoms with Crippen LogP contribution in [0.2, 0.25) is 0 Å². The Morgan fingerprint density at radius 3 is 2.32 bits per heavy atom. The van der Waals surface area contributed by atoms with Crippen LogP contribution in [0.25, 0.3) is 0 Å². The summed E-state index contributed by atoms with van der Waals surface area (Å²) < 4.78 is 0. The highest BCUT2D eigenvalue weighted by Crippen LogP contribution is 2.20. The molecule has 1 rings (SSSR count). The number of anilines is 1. The van der Waals surface area contributed by atoms with Crippen molar-refractivity contribution in [2.45, 2.75) is 59.4 Å². The van der Waals surface area contributed by atoms with Crippen LogP contribution >= 0.6 is 11.6 Å². The summed E-state index contributed by atoms with van der Waals surface area (Å²) in [6, 6.07) is 2.53. The number of halogens is 1. The molecule has 0 aliphatic carbocycles. The standard InChI is InChI=1S/C15H26ClN3/c1-6-13(7-2)19(9-8-16)15-17-12(5)10-14(18-15)11(3)4/h10-11,13H,6-9H2,1-5H3. The lowest BCUT2D eigenvalue weighted by molar-refractivity contribution is 0.554. The Hall–Kier alpha value is -0.830. The third kappa shape index (κ3) is 4.34. The summed E-state index contributed by atoms with van der Waals surface area (Å²) in [4.78, 5) is 11.6. The van der Waals surface area contributed by atoms with E-state index < -0.39 is 0 Å². The van der Waals surface area contributed by atoms with Crippen LogP contribution in [0.1, 0.15) is 57.8 Å². The molecule has 0 amide bonds. The van der Waals surface area contributed by atoms with E-state index >= 15 is 0 Å². The fourth-order valence-electron chi connectivity index (χ4n) is 2.27. The fraction of sp³-hybridized carbons (Fsp3) is 0.733. The maximum absolute atomic E-state index is 5.95. The van der Waals surface area contributed by atoms with Gasteiger partial charge >= 0.3 is 0 Å². The zero-order chi connectivity index (χ0) is 14.4. The van der Waals surface area contributed by atoms with Crippen LogP contribution in [0.15, 0.2) is 6.07 Å². The Morgan fingerprint density at radius 1 is 1.21 bits per heavy atom. The first-order valence-corrected chi connectivity index (χ1v) is 7.75. The Bertz CT molecular complexity index is 389. The van der Waals surface area contributed by atoms with Crippen molar-refractivity contribution in [3.8, 4) is 0 Å². The average Bonchev–Trinajstić information content (AvgIpc) is 2.38. The Balaban J connectivity index is 3.14. The molecule has 0 saturated carbocycles. The number of aryl methyl sites for hydroxylation is 1. The van der Waals surface area contributed by atoms with Crippen LogP contribution in [-0.2, 0) is 0 Å². The van der Waals surface area contributed by atoms with Gasteiger partial charge in [-0.2, -0.15) is 0 Å². The second kappa shape index (κ2) is 7.68. The van der Waals surface area contributed by atoms with Crippen LogP contribution in [0, 0.1) is 6.92 Å². The Kier molecular flexibility index (Phi) is 6.56. The largest absolute Gasteiger partial charge is 0.337 e. The lowest BCUT2D eigenvalue weighted by Gasteiger charge is -2.30. The van der Waals surface area contributed by atoms with Crippen molar-refractivity contribution in [2.24, 2.45) is 0 Å². The molecule has 0 aliphatic heterocycles. The van der Waals surface area contributed by atoms with E-state index in [0.717, 1.165) is 36.7 Å². The predicted octanol–water partition coefficient (Wildman–Crippen LogP) is 4.14. The van der Waals surface area contributed by atoms with Crippen molar-refractivity contribution in [3.63, 3.8) is 0 Å². The van der Waals surface area contributed by atoms with Crippen molar-refractivity contribution in [1.29, 1.82) is 0 Å². The number of aromatic nitrogens is 2. The first-order chi connectivity index (χ1) is 9.03. The van der Waals surface area contributed by atoms with E-state index in [2.05, 4.69) is 43.6 Å². The normalized spacial score (nSPS) is 11.4. The second-order valence-corrected chi connectivity index (χ2v) is 5.62. The first kappa shape index (κ1) is 16.2. The molecule has 0 N–H and O–H groups in total. The summed E-state index contributed by atoms with van der Waals surface area (Å²) in [7, 11) is 0. The van der Waals surface area contributed by atoms with Crippen molar-refractivity contribution >= 4 is 17.5 Å². The predicted molar refractivity (Wildman–Crippen MR) is 83.3 cm³/mol. The van der Waals surface area contributed by atoms with Gasteiger partial charge in [0.15, 0.2) is 0 Å². The molecule has 0 unspecified atom stereocenters. The molecule has 0 saturated heterocycles. The summed E-state index contributed by atoms with van der Waals surface area (Å²) in [5.74, 6) is 1.85. The van der Waals surface area contributed by atoms with E-state index in [0.29, 0.717) is 17.8 Å². The molecule has 4 heteroatoms. The molecule has 0 spiro atoms. The molecular weight excluding hydrogens is 258 g/mol. The minimum Gasteiger partial charge on any atom is -0.337 e. The minimum absolute atomic E-state index is 0.417. The Morgan fingerprint density at radius 2 is 1.84 bits per heavy atom. The van der Waals surface area contributed by atoms with E-state index in [4.69, 9.17) is 16.6 Å². The number of nitrogens with zero attached hydrogens (tertiary/aromatic N) is 3. The molecule has 108 valence electrons. The number of hydrogen-bond donors (Lipinski definition) is 0. The monoisotopic (exact) mass is 283 g/mol. The summed E-state index contributed by atoms with van der Waals surface area (Å²) in [6.07, 6.45) is 2.17. The smallest absolute Gasteiger partial charge is 0.226 e. The molecule has 0 aliphatic rings. The highest BCUT2D eigenvalue weighted by atomic mass is 35.5. The summed E-state index contributed by atoms with van der Waals surface area (Å²) >= 11 is 5.95. The van der Waals surface area contributed by atoms with Crippen molar-refractivity contribution < 1.29 is 0 Å². The van der Waals surface area contributed by atoms with Crippen LogP contribution in [0.3, 0.4) is 0 Å². The van der Waals surface area contributed by atoms with Gasteiger partial charge in [0, 0.05) is 29.9 Å². The molecular formula is C15H26ClN3. The van der Waals surface area contributed by atoms with Crippen molar-refractivity contribution in [2.75, 3.05) is 17.3 Å². The molecule has 1 aromatic heterocycles. The number of rotatable bonds is 7. The molecule has 0 atom stereocenters. The summed E-state index contributed by atoms with van der Waals surface area (Å²) in [5, 5.41) is 0. The zero-order valence-corrected chi connectivity index (χ0v) is 13.5. The van der Waals surface area contributed by atoms with E-state index in [9.17, 15) is 0 Å². The SMILES string of the molecule is CCC(CC)N(CCCl)c1nc(C)cc(C(C)C)n1. The molecule has 19 heavy (non-hydrogen) atoms. The molecule has 1 aromatic rings. The van der Waals surface area contributed by atoms with E-state index in [1.807, 2.05) is 6.92 Å². The molecule has 0 radical (unpaired) electrons.